The number of nitrogens with zero attached hydrogens (tertiary/aromatic N) is 1. The van der Waals surface area contributed by atoms with E-state index < -0.39 is 11.9 Å². The van der Waals surface area contributed by atoms with E-state index in [2.05, 4.69) is 16.1 Å². The average Bonchev–Trinajstić information content (AvgIpc) is 2.58. The smallest absolute Gasteiger partial charge is 0.340 e. The van der Waals surface area contributed by atoms with Gasteiger partial charge in [0.15, 0.2) is 0 Å². The number of hydrogen-bond donors (Lipinski definition) is 0. The van der Waals surface area contributed by atoms with E-state index in [1.54, 1.807) is 18.4 Å². The van der Waals surface area contributed by atoms with E-state index in [9.17, 15) is 9.59 Å². The normalized spacial score (nSPS) is 9.88. The van der Waals surface area contributed by atoms with Crippen LogP contribution in [0.5, 0.6) is 0 Å². The number of carbonyl (C=O) groups is 2. The Morgan fingerprint density at radius 1 is 1.06 bits per heavy atom. The molecule has 0 radical (unpaired) electrons. The second-order valence-corrected chi connectivity index (χ2v) is 3.46. The van der Waals surface area contributed by atoms with Crippen LogP contribution in [0.4, 0.5) is 0 Å². The lowest BCUT2D eigenvalue weighted by Crippen LogP contribution is -2.11. The molecule has 92 valence electrons. The van der Waals surface area contributed by atoms with Crippen LogP contribution in [0.1, 0.15) is 32.1 Å². The highest BCUT2D eigenvalue weighted by Crippen LogP contribution is 2.24. The van der Waals surface area contributed by atoms with Crippen LogP contribution in [0.15, 0.2) is 6.58 Å². The molecule has 0 unspecified atom stereocenters. The van der Waals surface area contributed by atoms with E-state index in [0.717, 1.165) is 0 Å². The van der Waals surface area contributed by atoms with Crippen LogP contribution < -0.4 is 0 Å². The minimum Gasteiger partial charge on any atom is -0.465 e. The summed E-state index contributed by atoms with van der Waals surface area (Å²) in [5.41, 5.74) is 1.64. The molecule has 1 rings (SSSR count). The fourth-order valence-corrected chi connectivity index (χ4v) is 1.83. The molecular weight excluding hydrogens is 222 g/mol. The number of methoxy groups -OCH3 is 2. The van der Waals surface area contributed by atoms with Crippen LogP contribution in [-0.2, 0) is 9.47 Å². The molecule has 0 aliphatic carbocycles. The Labute approximate surface area is 99.6 Å². The molecule has 0 N–H and O–H groups in total. The van der Waals surface area contributed by atoms with Crippen LogP contribution in [0.25, 0.3) is 6.20 Å². The van der Waals surface area contributed by atoms with Crippen molar-refractivity contribution in [3.8, 4) is 0 Å². The third kappa shape index (κ3) is 1.95. The summed E-state index contributed by atoms with van der Waals surface area (Å²) in [6.45, 7) is 7.07. The van der Waals surface area contributed by atoms with Gasteiger partial charge in [-0.2, -0.15) is 0 Å². The highest BCUT2D eigenvalue weighted by molar-refractivity contribution is 6.05. The second-order valence-electron chi connectivity index (χ2n) is 3.46. The molecule has 0 aliphatic rings. The largest absolute Gasteiger partial charge is 0.465 e. The van der Waals surface area contributed by atoms with Gasteiger partial charge < -0.3 is 14.0 Å². The van der Waals surface area contributed by atoms with Crippen LogP contribution in [-0.4, -0.2) is 30.7 Å². The van der Waals surface area contributed by atoms with Gasteiger partial charge in [-0.05, 0) is 13.8 Å². The lowest BCUT2D eigenvalue weighted by molar-refractivity contribution is 0.0555. The number of aromatic nitrogens is 1. The minimum absolute atomic E-state index is 0.219. The van der Waals surface area contributed by atoms with Crippen molar-refractivity contribution in [2.24, 2.45) is 0 Å². The van der Waals surface area contributed by atoms with Gasteiger partial charge in [0.1, 0.15) is 0 Å². The first-order valence-corrected chi connectivity index (χ1v) is 5.00. The molecule has 1 aromatic rings. The molecule has 0 saturated carbocycles. The SMILES string of the molecule is C=Cn1c(C)c(C(=O)OC)c(C(=O)OC)c1C. The molecule has 1 heterocycles. The summed E-state index contributed by atoms with van der Waals surface area (Å²) in [4.78, 5) is 23.4. The van der Waals surface area contributed by atoms with Crippen molar-refractivity contribution in [2.75, 3.05) is 14.2 Å². The molecule has 1 aromatic heterocycles. The van der Waals surface area contributed by atoms with E-state index in [-0.39, 0.29) is 11.1 Å². The Morgan fingerprint density at radius 3 is 1.65 bits per heavy atom. The van der Waals surface area contributed by atoms with Crippen LogP contribution in [0, 0.1) is 13.8 Å². The summed E-state index contributed by atoms with van der Waals surface area (Å²) in [5.74, 6) is -1.13. The minimum atomic E-state index is -0.563. The Kier molecular flexibility index (Phi) is 3.73. The molecule has 0 spiro atoms. The van der Waals surface area contributed by atoms with E-state index >= 15 is 0 Å². The maximum Gasteiger partial charge on any atom is 0.340 e. The van der Waals surface area contributed by atoms with E-state index in [1.165, 1.54) is 20.4 Å². The zero-order chi connectivity index (χ0) is 13.2. The quantitative estimate of drug-likeness (QED) is 0.752. The molecule has 17 heavy (non-hydrogen) atoms. The van der Waals surface area contributed by atoms with Gasteiger partial charge in [0.25, 0.3) is 0 Å². The molecule has 0 amide bonds. The second kappa shape index (κ2) is 4.86. The Balaban J connectivity index is 3.60. The third-order valence-electron chi connectivity index (χ3n) is 2.66. The summed E-state index contributed by atoms with van der Waals surface area (Å²) < 4.78 is 11.0. The van der Waals surface area contributed by atoms with Crippen molar-refractivity contribution in [1.82, 2.24) is 4.57 Å². The highest BCUT2D eigenvalue weighted by atomic mass is 16.5. The van der Waals surface area contributed by atoms with Crippen LogP contribution in [0.2, 0.25) is 0 Å². The Bertz CT molecular complexity index is 446. The molecule has 0 bridgehead atoms. The van der Waals surface area contributed by atoms with Gasteiger partial charge in [-0.1, -0.05) is 6.58 Å². The summed E-state index contributed by atoms with van der Waals surface area (Å²) in [6, 6.07) is 0. The molecule has 0 aliphatic heterocycles. The van der Waals surface area contributed by atoms with Crippen molar-refractivity contribution < 1.29 is 19.1 Å². The topological polar surface area (TPSA) is 57.5 Å². The number of esters is 2. The molecular formula is C12H15NO4. The predicted octanol–water partition coefficient (Wildman–Crippen LogP) is 1.78. The van der Waals surface area contributed by atoms with Crippen molar-refractivity contribution in [3.05, 3.63) is 29.1 Å². The van der Waals surface area contributed by atoms with Crippen molar-refractivity contribution in [1.29, 1.82) is 0 Å². The maximum absolute atomic E-state index is 11.7. The van der Waals surface area contributed by atoms with Crippen molar-refractivity contribution >= 4 is 18.1 Å². The molecule has 0 aromatic carbocycles. The lowest BCUT2D eigenvalue weighted by atomic mass is 10.1. The van der Waals surface area contributed by atoms with Gasteiger partial charge in [-0.15, -0.1) is 0 Å². The first-order valence-electron chi connectivity index (χ1n) is 5.00. The molecule has 5 nitrogen and oxygen atoms in total. The first kappa shape index (κ1) is 13.0. The lowest BCUT2D eigenvalue weighted by Gasteiger charge is -2.02. The van der Waals surface area contributed by atoms with Crippen LogP contribution >= 0.6 is 0 Å². The average molecular weight is 237 g/mol. The van der Waals surface area contributed by atoms with E-state index in [1.807, 2.05) is 0 Å². The standard InChI is InChI=1S/C12H15NO4/c1-6-13-7(2)9(11(14)16-4)10(8(13)3)12(15)17-5/h6H,1H2,2-5H3. The molecule has 0 fully saturated rings. The fourth-order valence-electron chi connectivity index (χ4n) is 1.83. The zero-order valence-electron chi connectivity index (χ0n) is 10.4. The van der Waals surface area contributed by atoms with Gasteiger partial charge in [-0.3, -0.25) is 0 Å². The number of ether oxygens (including phenoxy) is 2. The molecule has 5 heteroatoms. The highest BCUT2D eigenvalue weighted by Gasteiger charge is 2.27. The number of rotatable bonds is 3. The summed E-state index contributed by atoms with van der Waals surface area (Å²) in [6.07, 6.45) is 1.53. The Morgan fingerprint density at radius 2 is 1.41 bits per heavy atom. The summed E-state index contributed by atoms with van der Waals surface area (Å²) in [7, 11) is 2.53. The number of hydrogen-bond acceptors (Lipinski definition) is 4. The fraction of sp³-hybridized carbons (Fsp3) is 0.333. The molecule has 0 atom stereocenters. The number of carbonyl (C=O) groups excluding carboxylic acids is 2. The van der Waals surface area contributed by atoms with Gasteiger partial charge in [0, 0.05) is 17.6 Å². The molecule has 0 saturated heterocycles. The van der Waals surface area contributed by atoms with Gasteiger partial charge in [-0.25, -0.2) is 9.59 Å². The predicted molar refractivity (Wildman–Crippen MR) is 63.0 cm³/mol. The third-order valence-corrected chi connectivity index (χ3v) is 2.66. The van der Waals surface area contributed by atoms with Gasteiger partial charge in [0.2, 0.25) is 0 Å². The van der Waals surface area contributed by atoms with Crippen molar-refractivity contribution in [3.63, 3.8) is 0 Å². The maximum atomic E-state index is 11.7. The zero-order valence-corrected chi connectivity index (χ0v) is 10.4. The van der Waals surface area contributed by atoms with Crippen LogP contribution in [0.3, 0.4) is 0 Å². The van der Waals surface area contributed by atoms with Crippen molar-refractivity contribution in [2.45, 2.75) is 13.8 Å². The van der Waals surface area contributed by atoms with E-state index in [4.69, 9.17) is 0 Å². The van der Waals surface area contributed by atoms with Gasteiger partial charge in [0.05, 0.1) is 25.3 Å². The summed E-state index contributed by atoms with van der Waals surface area (Å²) >= 11 is 0. The first-order chi connectivity index (χ1) is 7.99. The van der Waals surface area contributed by atoms with E-state index in [0.29, 0.717) is 11.4 Å². The summed E-state index contributed by atoms with van der Waals surface area (Å²) in [5, 5.41) is 0. The Hall–Kier alpha value is -2.04. The monoisotopic (exact) mass is 237 g/mol. The van der Waals surface area contributed by atoms with Gasteiger partial charge >= 0.3 is 11.9 Å².